The first-order valence-electron chi connectivity index (χ1n) is 4.25. The number of rotatable bonds is 5. The van der Waals surface area contributed by atoms with Crippen molar-refractivity contribution in [1.82, 2.24) is 0 Å². The van der Waals surface area contributed by atoms with Gasteiger partial charge in [0.25, 0.3) is 0 Å². The normalized spacial score (nSPS) is 14.2. The molecule has 0 aromatic rings. The van der Waals surface area contributed by atoms with Crippen LogP contribution in [0.1, 0.15) is 27.2 Å². The Labute approximate surface area is 82.6 Å². The summed E-state index contributed by atoms with van der Waals surface area (Å²) in [5, 5.41) is 8.93. The summed E-state index contributed by atoms with van der Waals surface area (Å²) in [7, 11) is 0. The van der Waals surface area contributed by atoms with Crippen LogP contribution in [0.3, 0.4) is 0 Å². The zero-order valence-corrected chi connectivity index (χ0v) is 8.59. The van der Waals surface area contributed by atoms with Crippen molar-refractivity contribution in [3.8, 4) is 0 Å². The van der Waals surface area contributed by atoms with E-state index in [0.717, 1.165) is 6.92 Å². The van der Waals surface area contributed by atoms with Gasteiger partial charge < -0.3 is 5.11 Å². The van der Waals surface area contributed by atoms with Crippen LogP contribution in [0.4, 0.5) is 0 Å². The minimum Gasteiger partial charge on any atom is -0.480 e. The second-order valence-electron chi connectivity index (χ2n) is 3.23. The third-order valence-electron chi connectivity index (χ3n) is 2.27. The highest BCUT2D eigenvalue weighted by Gasteiger charge is 2.48. The molecule has 0 bridgehead atoms. The first-order chi connectivity index (χ1) is 6.30. The van der Waals surface area contributed by atoms with Gasteiger partial charge in [0.2, 0.25) is 0 Å². The summed E-state index contributed by atoms with van der Waals surface area (Å²) in [5.41, 5.74) is -1.85. The van der Waals surface area contributed by atoms with Crippen molar-refractivity contribution in [3.63, 3.8) is 0 Å². The molecule has 0 aromatic carbocycles. The molecule has 0 aliphatic heterocycles. The van der Waals surface area contributed by atoms with Crippen LogP contribution < -0.4 is 0 Å². The number of carboxylic acid groups (broad SMARTS) is 1. The molecule has 0 rings (SSSR count). The van der Waals surface area contributed by atoms with Gasteiger partial charge in [-0.3, -0.25) is 14.4 Å². The van der Waals surface area contributed by atoms with Crippen LogP contribution in [0, 0.1) is 5.41 Å². The Hall–Kier alpha value is -1.45. The standard InChI is InChI=1S/C10H14O4/c1-5-10(7(4)11,9(13)14)8(12)6(2)3/h2,5H2,1,3-4H3,(H,13,14). The maximum absolute atomic E-state index is 11.6. The molecule has 1 atom stereocenters. The lowest BCUT2D eigenvalue weighted by Gasteiger charge is -2.23. The predicted octanol–water partition coefficient (Wildman–Crippen LogP) is 1.20. The first-order valence-corrected chi connectivity index (χ1v) is 4.25. The van der Waals surface area contributed by atoms with Gasteiger partial charge in [0.15, 0.2) is 17.0 Å². The van der Waals surface area contributed by atoms with E-state index in [0.29, 0.717) is 0 Å². The summed E-state index contributed by atoms with van der Waals surface area (Å²) in [4.78, 5) is 33.8. The average molecular weight is 198 g/mol. The zero-order valence-electron chi connectivity index (χ0n) is 8.59. The van der Waals surface area contributed by atoms with E-state index >= 15 is 0 Å². The molecule has 4 heteroatoms. The number of aliphatic carboxylic acids is 1. The van der Waals surface area contributed by atoms with Crippen LogP contribution in [0.5, 0.6) is 0 Å². The van der Waals surface area contributed by atoms with Gasteiger partial charge in [0.05, 0.1) is 0 Å². The summed E-state index contributed by atoms with van der Waals surface area (Å²) in [6.07, 6.45) is -0.0522. The number of carboxylic acids is 1. The topological polar surface area (TPSA) is 71.4 Å². The second kappa shape index (κ2) is 4.17. The molecule has 0 fully saturated rings. The maximum atomic E-state index is 11.6. The number of Topliss-reactive ketones (excluding diaryl/α,β-unsaturated/α-hetero) is 2. The van der Waals surface area contributed by atoms with E-state index in [1.807, 2.05) is 0 Å². The van der Waals surface area contributed by atoms with E-state index in [-0.39, 0.29) is 12.0 Å². The number of carbonyl (C=O) groups is 3. The summed E-state index contributed by atoms with van der Waals surface area (Å²) in [5.74, 6) is -2.76. The Balaban J connectivity index is 5.48. The van der Waals surface area contributed by atoms with Gasteiger partial charge in [-0.1, -0.05) is 13.5 Å². The molecule has 0 amide bonds. The minimum absolute atomic E-state index is 0.0522. The van der Waals surface area contributed by atoms with E-state index in [4.69, 9.17) is 5.11 Å². The van der Waals surface area contributed by atoms with Gasteiger partial charge in [-0.05, 0) is 25.8 Å². The molecular formula is C10H14O4. The fourth-order valence-electron chi connectivity index (χ4n) is 1.33. The van der Waals surface area contributed by atoms with Gasteiger partial charge in [-0.2, -0.15) is 0 Å². The van der Waals surface area contributed by atoms with Crippen molar-refractivity contribution in [1.29, 1.82) is 0 Å². The van der Waals surface area contributed by atoms with E-state index in [1.165, 1.54) is 13.8 Å². The molecule has 0 saturated carbocycles. The SMILES string of the molecule is C=C(C)C(=O)C(CC)(C(C)=O)C(=O)O. The Bertz CT molecular complexity index is 287. The molecule has 0 radical (unpaired) electrons. The first kappa shape index (κ1) is 12.6. The van der Waals surface area contributed by atoms with Crippen LogP contribution in [-0.2, 0) is 14.4 Å². The van der Waals surface area contributed by atoms with Crippen molar-refractivity contribution in [2.45, 2.75) is 27.2 Å². The van der Waals surface area contributed by atoms with Gasteiger partial charge in [-0.15, -0.1) is 0 Å². The molecule has 78 valence electrons. The third-order valence-corrected chi connectivity index (χ3v) is 2.27. The average Bonchev–Trinajstić information content (AvgIpc) is 2.04. The summed E-state index contributed by atoms with van der Waals surface area (Å²) >= 11 is 0. The predicted molar refractivity (Wildman–Crippen MR) is 50.9 cm³/mol. The van der Waals surface area contributed by atoms with Crippen LogP contribution >= 0.6 is 0 Å². The van der Waals surface area contributed by atoms with Crippen LogP contribution in [0.25, 0.3) is 0 Å². The van der Waals surface area contributed by atoms with Crippen molar-refractivity contribution in [2.75, 3.05) is 0 Å². The molecule has 1 unspecified atom stereocenters. The minimum atomic E-state index is -1.94. The third kappa shape index (κ3) is 1.73. The number of allylic oxidation sites excluding steroid dienone is 1. The largest absolute Gasteiger partial charge is 0.480 e. The maximum Gasteiger partial charge on any atom is 0.325 e. The molecule has 0 aliphatic carbocycles. The molecule has 0 aromatic heterocycles. The summed E-state index contributed by atoms with van der Waals surface area (Å²) < 4.78 is 0. The molecule has 1 N–H and O–H groups in total. The number of carbonyl (C=O) groups excluding carboxylic acids is 2. The fraction of sp³-hybridized carbons (Fsp3) is 0.500. The molecule has 0 spiro atoms. The van der Waals surface area contributed by atoms with E-state index in [9.17, 15) is 14.4 Å². The van der Waals surface area contributed by atoms with Crippen molar-refractivity contribution < 1.29 is 19.5 Å². The van der Waals surface area contributed by atoms with E-state index in [2.05, 4.69) is 6.58 Å². The molecule has 4 nitrogen and oxygen atoms in total. The van der Waals surface area contributed by atoms with Gasteiger partial charge >= 0.3 is 5.97 Å². The lowest BCUT2D eigenvalue weighted by atomic mass is 9.75. The lowest BCUT2D eigenvalue weighted by Crippen LogP contribution is -2.45. The molecule has 0 aliphatic rings. The molecular weight excluding hydrogens is 184 g/mol. The summed E-state index contributed by atoms with van der Waals surface area (Å²) in [6.45, 7) is 7.38. The van der Waals surface area contributed by atoms with Crippen LogP contribution in [-0.4, -0.2) is 22.6 Å². The summed E-state index contributed by atoms with van der Waals surface area (Å²) in [6, 6.07) is 0. The Morgan fingerprint density at radius 2 is 1.71 bits per heavy atom. The van der Waals surface area contributed by atoms with E-state index < -0.39 is 23.0 Å². The smallest absolute Gasteiger partial charge is 0.325 e. The Morgan fingerprint density at radius 3 is 1.79 bits per heavy atom. The van der Waals surface area contributed by atoms with Crippen LogP contribution in [0.15, 0.2) is 12.2 Å². The highest BCUT2D eigenvalue weighted by molar-refractivity contribution is 6.25. The Morgan fingerprint density at radius 1 is 1.29 bits per heavy atom. The highest BCUT2D eigenvalue weighted by atomic mass is 16.4. The zero-order chi connectivity index (χ0) is 11.5. The molecule has 0 heterocycles. The lowest BCUT2D eigenvalue weighted by molar-refractivity contribution is -0.158. The van der Waals surface area contributed by atoms with Gasteiger partial charge in [0, 0.05) is 0 Å². The fourth-order valence-corrected chi connectivity index (χ4v) is 1.33. The Kier molecular flexibility index (Phi) is 3.74. The molecule has 14 heavy (non-hydrogen) atoms. The van der Waals surface area contributed by atoms with Gasteiger partial charge in [0.1, 0.15) is 0 Å². The van der Waals surface area contributed by atoms with E-state index in [1.54, 1.807) is 0 Å². The molecule has 0 saturated heterocycles. The quantitative estimate of drug-likeness (QED) is 0.532. The van der Waals surface area contributed by atoms with Crippen LogP contribution in [0.2, 0.25) is 0 Å². The van der Waals surface area contributed by atoms with Crippen molar-refractivity contribution in [2.24, 2.45) is 5.41 Å². The monoisotopic (exact) mass is 198 g/mol. The second-order valence-corrected chi connectivity index (χ2v) is 3.23. The number of hydrogen-bond donors (Lipinski definition) is 1. The van der Waals surface area contributed by atoms with Crippen molar-refractivity contribution in [3.05, 3.63) is 12.2 Å². The number of ketones is 2. The number of hydrogen-bond acceptors (Lipinski definition) is 3. The van der Waals surface area contributed by atoms with Gasteiger partial charge in [-0.25, -0.2) is 0 Å². The van der Waals surface area contributed by atoms with Crippen molar-refractivity contribution >= 4 is 17.5 Å². The highest BCUT2D eigenvalue weighted by Crippen LogP contribution is 2.27.